The summed E-state index contributed by atoms with van der Waals surface area (Å²) in [5.74, 6) is 0.245. The molecule has 2 atom stereocenters. The van der Waals surface area contributed by atoms with E-state index in [1.165, 1.54) is 17.8 Å². The fraction of sp³-hybridized carbons (Fsp3) is 0.316. The van der Waals surface area contributed by atoms with Crippen LogP contribution in [0, 0.1) is 0 Å². The third-order valence-electron chi connectivity index (χ3n) is 4.92. The molecule has 11 heteroatoms. The van der Waals surface area contributed by atoms with Gasteiger partial charge in [-0.15, -0.1) is 0 Å². The highest BCUT2D eigenvalue weighted by Gasteiger charge is 2.48. The van der Waals surface area contributed by atoms with Gasteiger partial charge in [-0.1, -0.05) is 51.4 Å². The lowest BCUT2D eigenvalue weighted by Gasteiger charge is -2.28. The van der Waals surface area contributed by atoms with Gasteiger partial charge < -0.3 is 4.90 Å². The van der Waals surface area contributed by atoms with E-state index >= 15 is 0 Å². The zero-order valence-corrected chi connectivity index (χ0v) is 19.2. The number of aliphatic imine (C=N–C) groups is 1. The molecule has 4 nitrogen and oxygen atoms in total. The van der Waals surface area contributed by atoms with Crippen LogP contribution >= 0.6 is 39.3 Å². The van der Waals surface area contributed by atoms with Crippen LogP contribution in [0.25, 0.3) is 0 Å². The van der Waals surface area contributed by atoms with Crippen molar-refractivity contribution in [1.82, 2.24) is 0 Å². The van der Waals surface area contributed by atoms with Gasteiger partial charge in [0, 0.05) is 10.2 Å². The maximum absolute atomic E-state index is 13.3. The van der Waals surface area contributed by atoms with Crippen LogP contribution in [-0.2, 0) is 21.8 Å². The molecule has 2 aliphatic heterocycles. The molecule has 0 unspecified atom stereocenters. The Morgan fingerprint density at radius 3 is 2.53 bits per heavy atom. The van der Waals surface area contributed by atoms with Crippen molar-refractivity contribution >= 4 is 60.0 Å². The molecular weight excluding hydrogens is 525 g/mol. The van der Waals surface area contributed by atoms with Gasteiger partial charge >= 0.3 is 6.18 Å². The van der Waals surface area contributed by atoms with E-state index in [-0.39, 0.29) is 22.2 Å². The molecule has 30 heavy (non-hydrogen) atoms. The Balaban J connectivity index is 1.69. The summed E-state index contributed by atoms with van der Waals surface area (Å²) in [6, 6.07) is 9.63. The monoisotopic (exact) mass is 538 g/mol. The van der Waals surface area contributed by atoms with Gasteiger partial charge in [-0.2, -0.15) is 13.2 Å². The van der Waals surface area contributed by atoms with Crippen molar-refractivity contribution in [3.8, 4) is 0 Å². The summed E-state index contributed by atoms with van der Waals surface area (Å²) in [4.78, 5) is 6.11. The topological polar surface area (TPSA) is 49.7 Å². The molecule has 160 valence electrons. The maximum Gasteiger partial charge on any atom is 0.416 e. The smallest absolute Gasteiger partial charge is 0.313 e. The lowest BCUT2D eigenvalue weighted by Crippen LogP contribution is -2.39. The quantitative estimate of drug-likeness (QED) is 0.524. The van der Waals surface area contributed by atoms with E-state index in [4.69, 9.17) is 11.6 Å². The minimum absolute atomic E-state index is 0.116. The summed E-state index contributed by atoms with van der Waals surface area (Å²) in [6.45, 7) is 0. The first-order valence-electron chi connectivity index (χ1n) is 8.85. The summed E-state index contributed by atoms with van der Waals surface area (Å²) in [5, 5.41) is 0.592. The number of alkyl halides is 3. The van der Waals surface area contributed by atoms with Crippen LogP contribution in [-0.4, -0.2) is 37.2 Å². The zero-order chi connectivity index (χ0) is 21.7. The highest BCUT2D eigenvalue weighted by molar-refractivity contribution is 9.10. The lowest BCUT2D eigenvalue weighted by atomic mass is 10.1. The highest BCUT2D eigenvalue weighted by Crippen LogP contribution is 2.41. The molecule has 2 aliphatic rings. The van der Waals surface area contributed by atoms with E-state index in [0.717, 1.165) is 22.2 Å². The van der Waals surface area contributed by atoms with Crippen LogP contribution in [0.15, 0.2) is 51.9 Å². The minimum Gasteiger partial charge on any atom is -0.313 e. The number of nitrogens with zero attached hydrogens (tertiary/aromatic N) is 2. The first-order valence-corrected chi connectivity index (χ1v) is 12.8. The second kappa shape index (κ2) is 8.03. The molecule has 0 radical (unpaired) electrons. The third kappa shape index (κ3) is 4.51. The van der Waals surface area contributed by atoms with Gasteiger partial charge in [0.1, 0.15) is 0 Å². The summed E-state index contributed by atoms with van der Waals surface area (Å²) in [6.07, 6.45) is -4.54. The third-order valence-corrected chi connectivity index (χ3v) is 8.51. The molecule has 0 amide bonds. The SMILES string of the molecule is O=S1(=O)C[C@@H]2[C@@H](C1)N=C(SCc1ccc(Br)cc1)N2c1cc(C(F)(F)F)ccc1Cl. The van der Waals surface area contributed by atoms with Crippen molar-refractivity contribution in [3.05, 3.63) is 63.1 Å². The van der Waals surface area contributed by atoms with Gasteiger partial charge in [0.2, 0.25) is 0 Å². The largest absolute Gasteiger partial charge is 0.416 e. The fourth-order valence-electron chi connectivity index (χ4n) is 3.52. The molecule has 1 fully saturated rings. The Morgan fingerprint density at radius 1 is 1.17 bits per heavy atom. The van der Waals surface area contributed by atoms with Gasteiger partial charge in [-0.3, -0.25) is 4.99 Å². The van der Waals surface area contributed by atoms with Crippen molar-refractivity contribution < 1.29 is 21.6 Å². The van der Waals surface area contributed by atoms with Crippen LogP contribution in [0.4, 0.5) is 18.9 Å². The summed E-state index contributed by atoms with van der Waals surface area (Å²) in [5.41, 5.74) is 0.285. The summed E-state index contributed by atoms with van der Waals surface area (Å²) < 4.78 is 65.0. The van der Waals surface area contributed by atoms with Gasteiger partial charge in [-0.05, 0) is 35.9 Å². The molecule has 1 saturated heterocycles. The van der Waals surface area contributed by atoms with Gasteiger partial charge in [-0.25, -0.2) is 8.42 Å². The van der Waals surface area contributed by atoms with E-state index in [9.17, 15) is 21.6 Å². The number of amidine groups is 1. The Morgan fingerprint density at radius 2 is 1.87 bits per heavy atom. The highest BCUT2D eigenvalue weighted by atomic mass is 79.9. The number of benzene rings is 2. The molecular formula is C19H15BrClF3N2O2S2. The van der Waals surface area contributed by atoms with Crippen molar-refractivity contribution in [3.63, 3.8) is 0 Å². The number of sulfone groups is 1. The molecule has 2 aromatic rings. The lowest BCUT2D eigenvalue weighted by molar-refractivity contribution is -0.137. The van der Waals surface area contributed by atoms with Crippen LogP contribution in [0.5, 0.6) is 0 Å². The van der Waals surface area contributed by atoms with Crippen molar-refractivity contribution in [1.29, 1.82) is 0 Å². The van der Waals surface area contributed by atoms with Crippen LogP contribution in [0.3, 0.4) is 0 Å². The molecule has 2 aromatic carbocycles. The van der Waals surface area contributed by atoms with E-state index in [1.54, 1.807) is 4.90 Å². The first kappa shape index (κ1) is 22.0. The number of hydrogen-bond acceptors (Lipinski definition) is 5. The Bertz CT molecular complexity index is 1110. The number of fused-ring (bicyclic) bond motifs is 1. The Kier molecular flexibility index (Phi) is 5.89. The van der Waals surface area contributed by atoms with Crippen LogP contribution in [0.2, 0.25) is 5.02 Å². The van der Waals surface area contributed by atoms with Crippen LogP contribution < -0.4 is 4.90 Å². The van der Waals surface area contributed by atoms with Crippen molar-refractivity contribution in [2.45, 2.75) is 24.0 Å². The second-order valence-corrected chi connectivity index (χ2v) is 11.5. The van der Waals surface area contributed by atoms with Gasteiger partial charge in [0.25, 0.3) is 0 Å². The van der Waals surface area contributed by atoms with Gasteiger partial charge in [0.15, 0.2) is 15.0 Å². The molecule has 0 aromatic heterocycles. The predicted molar refractivity (Wildman–Crippen MR) is 118 cm³/mol. The maximum atomic E-state index is 13.3. The fourth-order valence-corrected chi connectivity index (χ4v) is 6.91. The molecule has 2 heterocycles. The average molecular weight is 540 g/mol. The van der Waals surface area contributed by atoms with E-state index in [1.807, 2.05) is 24.3 Å². The standard InChI is InChI=1S/C19H15BrClF3N2O2S2/c20-13-4-1-11(2-5-13)8-29-18-25-15-9-30(27,28)10-17(15)26(18)16-7-12(19(22,23)24)3-6-14(16)21/h1-7,15,17H,8-10H2/t15-,17-/m1/s1. The second-order valence-electron chi connectivity index (χ2n) is 7.07. The summed E-state index contributed by atoms with van der Waals surface area (Å²) in [7, 11) is -3.32. The van der Waals surface area contributed by atoms with Crippen molar-refractivity contribution in [2.75, 3.05) is 16.4 Å². The minimum atomic E-state index is -4.54. The number of thioether (sulfide) groups is 1. The van der Waals surface area contributed by atoms with E-state index in [2.05, 4.69) is 20.9 Å². The van der Waals surface area contributed by atoms with Gasteiger partial charge in [0.05, 0.1) is 39.9 Å². The Labute approximate surface area is 189 Å². The molecule has 0 bridgehead atoms. The zero-order valence-electron chi connectivity index (χ0n) is 15.2. The van der Waals surface area contributed by atoms with E-state index < -0.39 is 33.7 Å². The molecule has 4 rings (SSSR count). The molecule has 0 spiro atoms. The molecule has 0 N–H and O–H groups in total. The molecule has 0 aliphatic carbocycles. The van der Waals surface area contributed by atoms with E-state index in [0.29, 0.717) is 10.9 Å². The average Bonchev–Trinajstić information content (AvgIpc) is 3.12. The number of anilines is 1. The normalized spacial score (nSPS) is 22.8. The number of rotatable bonds is 3. The predicted octanol–water partition coefficient (Wildman–Crippen LogP) is 5.40. The van der Waals surface area contributed by atoms with Crippen molar-refractivity contribution in [2.24, 2.45) is 4.99 Å². The number of halogens is 5. The molecule has 0 saturated carbocycles. The Hall–Kier alpha value is -1.23. The number of hydrogen-bond donors (Lipinski definition) is 0. The summed E-state index contributed by atoms with van der Waals surface area (Å²) >= 11 is 11.0. The van der Waals surface area contributed by atoms with Crippen LogP contribution in [0.1, 0.15) is 11.1 Å². The first-order chi connectivity index (χ1) is 14.0.